The van der Waals surface area contributed by atoms with Gasteiger partial charge in [0.1, 0.15) is 6.54 Å². The molecule has 0 aliphatic carbocycles. The van der Waals surface area contributed by atoms with Gasteiger partial charge in [0.2, 0.25) is 5.91 Å². The Labute approximate surface area is 140 Å². The normalized spacial score (nSPS) is 10.0. The quantitative estimate of drug-likeness (QED) is 0.746. The Morgan fingerprint density at radius 1 is 1.22 bits per heavy atom. The number of alkyl carbamates (subject to hydrolysis) is 1. The third kappa shape index (κ3) is 18.2. The molecule has 2 N–H and O–H groups in total. The van der Waals surface area contributed by atoms with Gasteiger partial charge in [0.25, 0.3) is 0 Å². The Morgan fingerprint density at radius 3 is 2.00 bits per heavy atom. The van der Waals surface area contributed by atoms with Gasteiger partial charge < -0.3 is 20.1 Å². The van der Waals surface area contributed by atoms with Gasteiger partial charge in [-0.1, -0.05) is 41.0 Å². The van der Waals surface area contributed by atoms with Crippen molar-refractivity contribution in [2.24, 2.45) is 5.92 Å². The Kier molecular flexibility index (Phi) is 20.7. The first-order valence-electron chi connectivity index (χ1n) is 8.07. The summed E-state index contributed by atoms with van der Waals surface area (Å²) in [6.07, 6.45) is 1.78. The van der Waals surface area contributed by atoms with Crippen molar-refractivity contribution in [3.63, 3.8) is 0 Å². The van der Waals surface area contributed by atoms with Crippen LogP contribution in [0.4, 0.5) is 4.79 Å². The smallest absolute Gasteiger partial charge is 0.406 e. The van der Waals surface area contributed by atoms with Crippen molar-refractivity contribution in [1.29, 1.82) is 0 Å². The first kappa shape index (κ1) is 26.1. The molecule has 0 saturated carbocycles. The van der Waals surface area contributed by atoms with Gasteiger partial charge in [-0.05, 0) is 12.3 Å². The maximum absolute atomic E-state index is 11.7. The van der Waals surface area contributed by atoms with E-state index in [0.29, 0.717) is 18.9 Å². The molecule has 0 fully saturated rings. The average molecular weight is 334 g/mol. The van der Waals surface area contributed by atoms with Gasteiger partial charge in [-0.25, -0.2) is 4.79 Å². The molecule has 2 amide bonds. The van der Waals surface area contributed by atoms with Gasteiger partial charge in [0, 0.05) is 20.0 Å². The lowest BCUT2D eigenvalue weighted by molar-refractivity contribution is -0.144. The predicted octanol–water partition coefficient (Wildman–Crippen LogP) is 2.74. The maximum atomic E-state index is 11.7. The molecule has 0 saturated heterocycles. The van der Waals surface area contributed by atoms with Crippen molar-refractivity contribution in [3.05, 3.63) is 0 Å². The molecule has 0 bridgehead atoms. The monoisotopic (exact) mass is 334 g/mol. The van der Waals surface area contributed by atoms with Crippen LogP contribution in [0.2, 0.25) is 0 Å². The van der Waals surface area contributed by atoms with E-state index in [1.807, 2.05) is 34.6 Å². The summed E-state index contributed by atoms with van der Waals surface area (Å²) in [6, 6.07) is 0. The molecule has 1 unspecified atom stereocenters. The highest BCUT2D eigenvalue weighted by Gasteiger charge is 2.17. The summed E-state index contributed by atoms with van der Waals surface area (Å²) in [4.78, 5) is 33.5. The lowest BCUT2D eigenvalue weighted by atomic mass is 10.0. The zero-order chi connectivity index (χ0) is 18.8. The van der Waals surface area contributed by atoms with E-state index >= 15 is 0 Å². The summed E-state index contributed by atoms with van der Waals surface area (Å²) >= 11 is 0. The van der Waals surface area contributed by atoms with Crippen LogP contribution in [0, 0.1) is 5.92 Å². The zero-order valence-corrected chi connectivity index (χ0v) is 15.6. The van der Waals surface area contributed by atoms with Gasteiger partial charge in [-0.2, -0.15) is 0 Å². The molecule has 0 radical (unpaired) electrons. The minimum Gasteiger partial charge on any atom is -0.480 e. The number of aliphatic carboxylic acids is 1. The van der Waals surface area contributed by atoms with E-state index in [2.05, 4.69) is 10.1 Å². The number of amides is 2. The summed E-state index contributed by atoms with van der Waals surface area (Å²) in [6.45, 7) is 10.3. The van der Waals surface area contributed by atoms with Gasteiger partial charge in [-0.3, -0.25) is 9.59 Å². The molecule has 0 spiro atoms. The van der Waals surface area contributed by atoms with Gasteiger partial charge in [0.05, 0.1) is 7.11 Å². The predicted molar refractivity (Wildman–Crippen MR) is 91.4 cm³/mol. The first-order valence-corrected chi connectivity index (χ1v) is 8.07. The average Bonchev–Trinajstić information content (AvgIpc) is 2.55. The summed E-state index contributed by atoms with van der Waals surface area (Å²) in [5, 5.41) is 10.9. The standard InChI is InChI=1S/C11H21NO3.C3H7NO2.C2H6/c1-4-6-12(8-11(14)15)10(13)7-9(3)5-2;1-4-3(5)6-2;1-2/h9H,4-8H2,1-3H3,(H,14,15);1-2H3,(H,4,5);1-2H3. The van der Waals surface area contributed by atoms with Crippen LogP contribution in [0.5, 0.6) is 0 Å². The van der Waals surface area contributed by atoms with E-state index < -0.39 is 12.1 Å². The van der Waals surface area contributed by atoms with Crippen molar-refractivity contribution in [1.82, 2.24) is 10.2 Å². The minimum absolute atomic E-state index is 0.0476. The molecule has 0 aromatic carbocycles. The van der Waals surface area contributed by atoms with Crippen molar-refractivity contribution in [2.75, 3.05) is 27.2 Å². The molecular weight excluding hydrogens is 300 g/mol. The molecule has 23 heavy (non-hydrogen) atoms. The molecule has 7 heteroatoms. The Balaban J connectivity index is -0.000000418. The molecule has 138 valence electrons. The number of methoxy groups -OCH3 is 1. The van der Waals surface area contributed by atoms with Crippen molar-refractivity contribution in [3.8, 4) is 0 Å². The SMILES string of the molecule is CC.CCCN(CC(=O)O)C(=O)CC(C)CC.CNC(=O)OC. The number of carboxylic acid groups (broad SMARTS) is 1. The molecule has 0 aromatic heterocycles. The van der Waals surface area contributed by atoms with Crippen molar-refractivity contribution >= 4 is 18.0 Å². The number of carbonyl (C=O) groups is 3. The number of hydrogen-bond acceptors (Lipinski definition) is 4. The number of carboxylic acids is 1. The molecular formula is C16H34N2O5. The number of nitrogens with zero attached hydrogens (tertiary/aromatic N) is 1. The van der Waals surface area contributed by atoms with E-state index in [1.165, 1.54) is 19.1 Å². The van der Waals surface area contributed by atoms with Crippen LogP contribution in [0.15, 0.2) is 0 Å². The highest BCUT2D eigenvalue weighted by molar-refractivity contribution is 5.81. The highest BCUT2D eigenvalue weighted by atomic mass is 16.5. The van der Waals surface area contributed by atoms with E-state index in [0.717, 1.165) is 12.8 Å². The molecule has 0 aliphatic rings. The molecule has 0 rings (SSSR count). The van der Waals surface area contributed by atoms with Gasteiger partial charge in [0.15, 0.2) is 0 Å². The van der Waals surface area contributed by atoms with E-state index in [-0.39, 0.29) is 12.5 Å². The fraction of sp³-hybridized carbons (Fsp3) is 0.812. The Bertz CT molecular complexity index is 316. The molecule has 7 nitrogen and oxygen atoms in total. The third-order valence-electron chi connectivity index (χ3n) is 2.78. The van der Waals surface area contributed by atoms with E-state index in [9.17, 15) is 14.4 Å². The number of carbonyl (C=O) groups excluding carboxylic acids is 2. The second-order valence-electron chi connectivity index (χ2n) is 4.67. The van der Waals surface area contributed by atoms with Gasteiger partial charge in [-0.15, -0.1) is 0 Å². The number of rotatable bonds is 7. The number of nitrogens with one attached hydrogen (secondary N) is 1. The number of hydrogen-bond donors (Lipinski definition) is 2. The molecule has 0 aliphatic heterocycles. The van der Waals surface area contributed by atoms with Crippen LogP contribution in [-0.2, 0) is 14.3 Å². The summed E-state index contributed by atoms with van der Waals surface area (Å²) < 4.78 is 4.15. The lowest BCUT2D eigenvalue weighted by Gasteiger charge is -2.21. The van der Waals surface area contributed by atoms with Crippen molar-refractivity contribution in [2.45, 2.75) is 53.9 Å². The minimum atomic E-state index is -0.944. The van der Waals surface area contributed by atoms with Crippen LogP contribution in [0.3, 0.4) is 0 Å². The van der Waals surface area contributed by atoms with Crippen LogP contribution < -0.4 is 5.32 Å². The Hall–Kier alpha value is -1.79. The molecule has 0 aromatic rings. The number of ether oxygens (including phenoxy) is 1. The van der Waals surface area contributed by atoms with Crippen LogP contribution >= 0.6 is 0 Å². The van der Waals surface area contributed by atoms with Gasteiger partial charge >= 0.3 is 12.1 Å². The van der Waals surface area contributed by atoms with E-state index in [1.54, 1.807) is 0 Å². The molecule has 1 atom stereocenters. The largest absolute Gasteiger partial charge is 0.480 e. The fourth-order valence-electron chi connectivity index (χ4n) is 1.40. The fourth-order valence-corrected chi connectivity index (χ4v) is 1.40. The maximum Gasteiger partial charge on any atom is 0.406 e. The second-order valence-corrected chi connectivity index (χ2v) is 4.67. The topological polar surface area (TPSA) is 95.9 Å². The van der Waals surface area contributed by atoms with Crippen LogP contribution in [-0.4, -0.2) is 55.2 Å². The van der Waals surface area contributed by atoms with Crippen LogP contribution in [0.25, 0.3) is 0 Å². The summed E-state index contributed by atoms with van der Waals surface area (Å²) in [5.41, 5.74) is 0. The Morgan fingerprint density at radius 2 is 1.74 bits per heavy atom. The molecule has 0 heterocycles. The third-order valence-corrected chi connectivity index (χ3v) is 2.78. The second kappa shape index (κ2) is 18.3. The highest BCUT2D eigenvalue weighted by Crippen LogP contribution is 2.09. The summed E-state index contributed by atoms with van der Waals surface area (Å²) in [7, 11) is 2.82. The first-order chi connectivity index (χ1) is 10.8. The van der Waals surface area contributed by atoms with E-state index in [4.69, 9.17) is 5.11 Å². The summed E-state index contributed by atoms with van der Waals surface area (Å²) in [5.74, 6) is -0.666. The van der Waals surface area contributed by atoms with Crippen LogP contribution in [0.1, 0.15) is 53.9 Å². The zero-order valence-electron chi connectivity index (χ0n) is 15.6. The lowest BCUT2D eigenvalue weighted by Crippen LogP contribution is -2.36. The van der Waals surface area contributed by atoms with Crippen molar-refractivity contribution < 1.29 is 24.2 Å².